The van der Waals surface area contributed by atoms with Crippen molar-refractivity contribution in [2.45, 2.75) is 52.0 Å². The van der Waals surface area contributed by atoms with Crippen LogP contribution in [0.5, 0.6) is 5.75 Å². The summed E-state index contributed by atoms with van der Waals surface area (Å²) in [5, 5.41) is 2.91. The van der Waals surface area contributed by atoms with E-state index in [-0.39, 0.29) is 11.7 Å². The first-order valence-electron chi connectivity index (χ1n) is 12.8. The van der Waals surface area contributed by atoms with Gasteiger partial charge >= 0.3 is 0 Å². The third kappa shape index (κ3) is 7.17. The molecule has 3 aromatic carbocycles. The van der Waals surface area contributed by atoms with Crippen LogP contribution in [0.4, 0.5) is 4.39 Å². The number of aryl methyl sites for hydroxylation is 3. The molecule has 0 aliphatic carbocycles. The molecule has 36 heavy (non-hydrogen) atoms. The number of ether oxygens (including phenoxy) is 1. The van der Waals surface area contributed by atoms with Gasteiger partial charge in [0.25, 0.3) is 5.91 Å². The highest BCUT2D eigenvalue weighted by Gasteiger charge is 2.10. The number of hydrogen-bond acceptors (Lipinski definition) is 3. The van der Waals surface area contributed by atoms with E-state index in [0.717, 1.165) is 62.2 Å². The standard InChI is InChI=1S/C30H34FN3O2/c1-23-10-9-11-26(22-23)36-21-8-7-20-34-28-13-5-4-12-27(28)33-29(34)14-3-2-6-19-32-30(35)24-15-17-25(31)18-16-24/h4-5,9-13,15-18,22H,2-3,6-8,14,19-21H2,1H3,(H,32,35). The lowest BCUT2D eigenvalue weighted by Gasteiger charge is -2.11. The van der Waals surface area contributed by atoms with Crippen molar-refractivity contribution in [1.82, 2.24) is 14.9 Å². The Labute approximate surface area is 212 Å². The molecular formula is C30H34FN3O2. The monoisotopic (exact) mass is 487 g/mol. The molecule has 0 aliphatic heterocycles. The van der Waals surface area contributed by atoms with Gasteiger partial charge in [-0.05, 0) is 86.7 Å². The first kappa shape index (κ1) is 25.4. The first-order chi connectivity index (χ1) is 17.6. The molecule has 6 heteroatoms. The van der Waals surface area contributed by atoms with Crippen LogP contribution in [0.1, 0.15) is 53.8 Å². The topological polar surface area (TPSA) is 56.1 Å². The molecule has 188 valence electrons. The second-order valence-corrected chi connectivity index (χ2v) is 9.11. The summed E-state index contributed by atoms with van der Waals surface area (Å²) in [5.41, 5.74) is 3.90. The van der Waals surface area contributed by atoms with Crippen molar-refractivity contribution in [1.29, 1.82) is 0 Å². The Morgan fingerprint density at radius 3 is 2.61 bits per heavy atom. The quantitative estimate of drug-likeness (QED) is 0.219. The number of carbonyl (C=O) groups is 1. The lowest BCUT2D eigenvalue weighted by atomic mass is 10.1. The van der Waals surface area contributed by atoms with E-state index in [0.29, 0.717) is 18.7 Å². The second kappa shape index (κ2) is 12.9. The molecule has 0 unspecified atom stereocenters. The van der Waals surface area contributed by atoms with Gasteiger partial charge in [0.15, 0.2) is 0 Å². The highest BCUT2D eigenvalue weighted by molar-refractivity contribution is 5.94. The van der Waals surface area contributed by atoms with Crippen molar-refractivity contribution < 1.29 is 13.9 Å². The van der Waals surface area contributed by atoms with E-state index in [9.17, 15) is 9.18 Å². The molecule has 1 heterocycles. The van der Waals surface area contributed by atoms with Gasteiger partial charge < -0.3 is 14.6 Å². The van der Waals surface area contributed by atoms with Crippen LogP contribution in [0.3, 0.4) is 0 Å². The predicted octanol–water partition coefficient (Wildman–Crippen LogP) is 6.49. The van der Waals surface area contributed by atoms with Crippen molar-refractivity contribution in [3.05, 3.63) is 95.6 Å². The van der Waals surface area contributed by atoms with Crippen LogP contribution in [0.2, 0.25) is 0 Å². The molecule has 0 bridgehead atoms. The van der Waals surface area contributed by atoms with E-state index in [1.54, 1.807) is 0 Å². The van der Waals surface area contributed by atoms with Crippen molar-refractivity contribution in [3.63, 3.8) is 0 Å². The summed E-state index contributed by atoms with van der Waals surface area (Å²) in [4.78, 5) is 17.0. The van der Waals surface area contributed by atoms with Crippen molar-refractivity contribution in [3.8, 4) is 5.75 Å². The van der Waals surface area contributed by atoms with Gasteiger partial charge in [-0.15, -0.1) is 0 Å². The number of aromatic nitrogens is 2. The number of nitrogens with one attached hydrogen (secondary N) is 1. The van der Waals surface area contributed by atoms with Gasteiger partial charge in [0, 0.05) is 25.1 Å². The second-order valence-electron chi connectivity index (χ2n) is 9.11. The van der Waals surface area contributed by atoms with Crippen LogP contribution in [-0.4, -0.2) is 28.6 Å². The fourth-order valence-corrected chi connectivity index (χ4v) is 4.32. The number of halogens is 1. The fraction of sp³-hybridized carbons (Fsp3) is 0.333. The molecule has 0 saturated heterocycles. The van der Waals surface area contributed by atoms with Gasteiger partial charge in [0.05, 0.1) is 17.6 Å². The molecule has 0 aliphatic rings. The summed E-state index contributed by atoms with van der Waals surface area (Å²) < 4.78 is 21.3. The minimum absolute atomic E-state index is 0.164. The molecule has 1 N–H and O–H groups in total. The van der Waals surface area contributed by atoms with E-state index in [1.165, 1.54) is 35.3 Å². The van der Waals surface area contributed by atoms with E-state index in [2.05, 4.69) is 47.1 Å². The van der Waals surface area contributed by atoms with Crippen LogP contribution in [0.25, 0.3) is 11.0 Å². The Bertz CT molecular complexity index is 1270. The van der Waals surface area contributed by atoms with Crippen molar-refractivity contribution >= 4 is 16.9 Å². The Morgan fingerprint density at radius 1 is 0.944 bits per heavy atom. The number of carbonyl (C=O) groups excluding carboxylic acids is 1. The average molecular weight is 488 g/mol. The zero-order valence-corrected chi connectivity index (χ0v) is 20.9. The number of benzene rings is 3. The van der Waals surface area contributed by atoms with E-state index >= 15 is 0 Å². The van der Waals surface area contributed by atoms with Crippen molar-refractivity contribution in [2.75, 3.05) is 13.2 Å². The first-order valence-corrected chi connectivity index (χ1v) is 12.8. The molecule has 0 saturated carbocycles. The number of para-hydroxylation sites is 2. The largest absolute Gasteiger partial charge is 0.494 e. The van der Waals surface area contributed by atoms with Gasteiger partial charge in [-0.3, -0.25) is 4.79 Å². The van der Waals surface area contributed by atoms with E-state index < -0.39 is 0 Å². The highest BCUT2D eigenvalue weighted by Crippen LogP contribution is 2.19. The third-order valence-corrected chi connectivity index (χ3v) is 6.24. The van der Waals surface area contributed by atoms with Crippen LogP contribution < -0.4 is 10.1 Å². The molecule has 4 aromatic rings. The Hall–Kier alpha value is -3.67. The Kier molecular flexibility index (Phi) is 9.09. The normalized spacial score (nSPS) is 11.1. The van der Waals surface area contributed by atoms with Crippen LogP contribution in [-0.2, 0) is 13.0 Å². The maximum atomic E-state index is 13.0. The minimum Gasteiger partial charge on any atom is -0.494 e. The smallest absolute Gasteiger partial charge is 0.251 e. The number of imidazole rings is 1. The van der Waals surface area contributed by atoms with E-state index in [4.69, 9.17) is 9.72 Å². The van der Waals surface area contributed by atoms with Gasteiger partial charge in [0.1, 0.15) is 17.4 Å². The van der Waals surface area contributed by atoms with Crippen LogP contribution >= 0.6 is 0 Å². The average Bonchev–Trinajstić information content (AvgIpc) is 3.23. The molecule has 0 atom stereocenters. The number of unbranched alkanes of at least 4 members (excludes halogenated alkanes) is 3. The maximum absolute atomic E-state index is 13.0. The van der Waals surface area contributed by atoms with Gasteiger partial charge in [-0.25, -0.2) is 9.37 Å². The summed E-state index contributed by atoms with van der Waals surface area (Å²) in [7, 11) is 0. The number of fused-ring (bicyclic) bond motifs is 1. The zero-order chi connectivity index (χ0) is 25.2. The third-order valence-electron chi connectivity index (χ3n) is 6.24. The molecule has 0 fully saturated rings. The molecule has 4 rings (SSSR count). The molecule has 1 aromatic heterocycles. The van der Waals surface area contributed by atoms with Crippen molar-refractivity contribution in [2.24, 2.45) is 0 Å². The number of amides is 1. The molecule has 0 radical (unpaired) electrons. The van der Waals surface area contributed by atoms with Crippen LogP contribution in [0, 0.1) is 12.7 Å². The number of rotatable bonds is 13. The summed E-state index contributed by atoms with van der Waals surface area (Å²) in [6, 6.07) is 22.1. The van der Waals surface area contributed by atoms with E-state index in [1.807, 2.05) is 18.2 Å². The van der Waals surface area contributed by atoms with Gasteiger partial charge in [-0.2, -0.15) is 0 Å². The maximum Gasteiger partial charge on any atom is 0.251 e. The lowest BCUT2D eigenvalue weighted by Crippen LogP contribution is -2.24. The molecular weight excluding hydrogens is 453 g/mol. The Balaban J connectivity index is 1.21. The van der Waals surface area contributed by atoms with Gasteiger partial charge in [-0.1, -0.05) is 30.7 Å². The summed E-state index contributed by atoms with van der Waals surface area (Å²) in [5.74, 6) is 1.54. The SMILES string of the molecule is Cc1cccc(OCCCCn2c(CCCCCNC(=O)c3ccc(F)cc3)nc3ccccc32)c1. The molecule has 0 spiro atoms. The number of nitrogens with zero attached hydrogens (tertiary/aromatic N) is 2. The fourth-order valence-electron chi connectivity index (χ4n) is 4.32. The highest BCUT2D eigenvalue weighted by atomic mass is 19.1. The summed E-state index contributed by atoms with van der Waals surface area (Å²) in [6.45, 7) is 4.30. The molecule has 5 nitrogen and oxygen atoms in total. The minimum atomic E-state index is -0.340. The summed E-state index contributed by atoms with van der Waals surface area (Å²) >= 11 is 0. The molecule has 1 amide bonds. The summed E-state index contributed by atoms with van der Waals surface area (Å²) in [6.07, 6.45) is 5.80. The zero-order valence-electron chi connectivity index (χ0n) is 20.9. The number of hydrogen-bond donors (Lipinski definition) is 1. The Morgan fingerprint density at radius 2 is 1.78 bits per heavy atom. The lowest BCUT2D eigenvalue weighted by molar-refractivity contribution is 0.0953. The van der Waals surface area contributed by atoms with Gasteiger partial charge in [0.2, 0.25) is 0 Å². The predicted molar refractivity (Wildman–Crippen MR) is 142 cm³/mol. The van der Waals surface area contributed by atoms with Crippen LogP contribution in [0.15, 0.2) is 72.8 Å².